The Labute approximate surface area is 193 Å². The third kappa shape index (κ3) is 3.88. The Kier molecular flexibility index (Phi) is 5.68. The van der Waals surface area contributed by atoms with Crippen LogP contribution in [0.25, 0.3) is 16.6 Å². The lowest BCUT2D eigenvalue weighted by Gasteiger charge is -2.35. The summed E-state index contributed by atoms with van der Waals surface area (Å²) in [5, 5.41) is 23.1. The Bertz CT molecular complexity index is 1280. The van der Waals surface area contributed by atoms with Gasteiger partial charge in [0.25, 0.3) is 0 Å². The molecule has 1 fully saturated rings. The van der Waals surface area contributed by atoms with Crippen LogP contribution >= 0.6 is 0 Å². The van der Waals surface area contributed by atoms with Crippen molar-refractivity contribution in [2.45, 2.75) is 49.4 Å². The van der Waals surface area contributed by atoms with Gasteiger partial charge in [-0.05, 0) is 49.4 Å². The molecular formula is C23H25F3N6O2. The minimum atomic E-state index is -4.83. The quantitative estimate of drug-likeness (QED) is 0.394. The van der Waals surface area contributed by atoms with E-state index in [9.17, 15) is 18.3 Å². The van der Waals surface area contributed by atoms with E-state index in [0.29, 0.717) is 18.6 Å². The van der Waals surface area contributed by atoms with Gasteiger partial charge in [-0.25, -0.2) is 9.50 Å². The van der Waals surface area contributed by atoms with E-state index in [-0.39, 0.29) is 17.5 Å². The largest absolute Gasteiger partial charge is 0.497 e. The Morgan fingerprint density at radius 1 is 1.15 bits per heavy atom. The molecule has 3 N–H and O–H groups in total. The molecule has 1 aromatic carbocycles. The number of H-pyrrole nitrogens is 1. The van der Waals surface area contributed by atoms with E-state index in [4.69, 9.17) is 4.74 Å². The molecule has 0 amide bonds. The molecule has 4 aromatic rings. The monoisotopic (exact) mass is 474 g/mol. The van der Waals surface area contributed by atoms with Gasteiger partial charge in [-0.3, -0.25) is 0 Å². The third-order valence-electron chi connectivity index (χ3n) is 6.79. The van der Waals surface area contributed by atoms with Gasteiger partial charge >= 0.3 is 6.18 Å². The summed E-state index contributed by atoms with van der Waals surface area (Å²) < 4.78 is 48.3. The van der Waals surface area contributed by atoms with Crippen LogP contribution in [0.4, 0.5) is 13.2 Å². The molecule has 1 saturated carbocycles. The number of hydrogen-bond acceptors (Lipinski definition) is 6. The standard InChI is InChI=1S/C23H25F3N6O2/c1-34-17-8-4-15(5-9-17)22(33,23(24,25)26)12-28-16-6-2-14(3-7-16)19-20-18-10-11-27-21(18)29-13-32(20)31-30-19/h4-5,8-11,13-14,16,27-28,33H,2-3,6-7,12H2,1H3. The Hall–Kier alpha value is -3.18. The number of benzene rings is 1. The van der Waals surface area contributed by atoms with Crippen molar-refractivity contribution in [1.82, 2.24) is 30.1 Å². The first-order valence-electron chi connectivity index (χ1n) is 11.1. The number of hydrogen-bond donors (Lipinski definition) is 3. The molecule has 0 spiro atoms. The van der Waals surface area contributed by atoms with Crippen molar-refractivity contribution in [2.75, 3.05) is 13.7 Å². The van der Waals surface area contributed by atoms with Gasteiger partial charge in [-0.15, -0.1) is 5.10 Å². The summed E-state index contributed by atoms with van der Waals surface area (Å²) in [7, 11) is 1.43. The number of nitrogens with zero attached hydrogens (tertiary/aromatic N) is 4. The van der Waals surface area contributed by atoms with Crippen LogP contribution in [0.15, 0.2) is 42.9 Å². The number of aromatic nitrogens is 5. The van der Waals surface area contributed by atoms with Gasteiger partial charge in [0.15, 0.2) is 5.60 Å². The minimum absolute atomic E-state index is 0.140. The first kappa shape index (κ1) is 22.6. The molecule has 0 saturated heterocycles. The number of rotatable bonds is 6. The SMILES string of the molecule is COc1ccc(C(O)(CNC2CCC(c3nnn4cnc5[nH]ccc5c34)CC2)C(F)(F)F)cc1. The predicted octanol–water partition coefficient (Wildman–Crippen LogP) is 3.68. The molecule has 3 heterocycles. The fourth-order valence-corrected chi connectivity index (χ4v) is 4.79. The van der Waals surface area contributed by atoms with E-state index in [1.165, 1.54) is 31.4 Å². The van der Waals surface area contributed by atoms with Gasteiger partial charge < -0.3 is 20.1 Å². The summed E-state index contributed by atoms with van der Waals surface area (Å²) in [6.45, 7) is -0.622. The maximum atomic E-state index is 13.9. The highest BCUT2D eigenvalue weighted by molar-refractivity contribution is 5.92. The number of aliphatic hydroxyl groups is 1. The zero-order valence-electron chi connectivity index (χ0n) is 18.5. The van der Waals surface area contributed by atoms with Crippen molar-refractivity contribution in [2.24, 2.45) is 0 Å². The van der Waals surface area contributed by atoms with Gasteiger partial charge in [0.05, 0.1) is 12.8 Å². The van der Waals surface area contributed by atoms with Crippen molar-refractivity contribution in [3.05, 3.63) is 54.1 Å². The lowest BCUT2D eigenvalue weighted by Crippen LogP contribution is -2.52. The smallest absolute Gasteiger partial charge is 0.422 e. The average Bonchev–Trinajstić information content (AvgIpc) is 3.49. The molecule has 0 aliphatic heterocycles. The molecule has 1 aliphatic rings. The van der Waals surface area contributed by atoms with Gasteiger partial charge in [-0.1, -0.05) is 17.3 Å². The first-order chi connectivity index (χ1) is 16.3. The van der Waals surface area contributed by atoms with Crippen molar-refractivity contribution < 1.29 is 23.0 Å². The summed E-state index contributed by atoms with van der Waals surface area (Å²) in [6, 6.07) is 7.12. The summed E-state index contributed by atoms with van der Waals surface area (Å²) in [4.78, 5) is 7.40. The molecule has 1 atom stereocenters. The van der Waals surface area contributed by atoms with E-state index in [2.05, 4.69) is 25.6 Å². The summed E-state index contributed by atoms with van der Waals surface area (Å²) in [6.07, 6.45) is 1.46. The summed E-state index contributed by atoms with van der Waals surface area (Å²) in [5.41, 5.74) is -0.658. The highest BCUT2D eigenvalue weighted by Crippen LogP contribution is 2.40. The van der Waals surface area contributed by atoms with E-state index in [1.54, 1.807) is 10.8 Å². The summed E-state index contributed by atoms with van der Waals surface area (Å²) >= 11 is 0. The zero-order valence-corrected chi connectivity index (χ0v) is 18.5. The molecule has 5 rings (SSSR count). The number of nitrogens with one attached hydrogen (secondary N) is 2. The van der Waals surface area contributed by atoms with Crippen LogP contribution in [0, 0.1) is 0 Å². The molecule has 1 unspecified atom stereocenters. The van der Waals surface area contributed by atoms with Crippen molar-refractivity contribution in [1.29, 1.82) is 0 Å². The molecule has 180 valence electrons. The number of aromatic amines is 1. The van der Waals surface area contributed by atoms with Crippen LogP contribution in [0.1, 0.15) is 42.9 Å². The second-order valence-corrected chi connectivity index (χ2v) is 8.77. The molecule has 11 heteroatoms. The first-order valence-corrected chi connectivity index (χ1v) is 11.1. The number of fused-ring (bicyclic) bond motifs is 3. The van der Waals surface area contributed by atoms with Crippen LogP contribution in [0.3, 0.4) is 0 Å². The van der Waals surface area contributed by atoms with Gasteiger partial charge in [0, 0.05) is 30.1 Å². The van der Waals surface area contributed by atoms with Gasteiger partial charge in [0.2, 0.25) is 0 Å². The third-order valence-corrected chi connectivity index (χ3v) is 6.79. The minimum Gasteiger partial charge on any atom is -0.497 e. The molecule has 8 nitrogen and oxygen atoms in total. The van der Waals surface area contributed by atoms with Crippen LogP contribution in [0.5, 0.6) is 5.75 Å². The topological polar surface area (TPSA) is 100 Å². The molecule has 0 bridgehead atoms. The number of alkyl halides is 3. The molecule has 0 radical (unpaired) electrons. The van der Waals surface area contributed by atoms with Crippen LogP contribution < -0.4 is 10.1 Å². The highest BCUT2D eigenvalue weighted by atomic mass is 19.4. The van der Waals surface area contributed by atoms with Crippen molar-refractivity contribution in [3.8, 4) is 5.75 Å². The molecule has 3 aromatic heterocycles. The fourth-order valence-electron chi connectivity index (χ4n) is 4.79. The highest BCUT2D eigenvalue weighted by Gasteiger charge is 2.55. The lowest BCUT2D eigenvalue weighted by molar-refractivity contribution is -0.264. The zero-order chi connectivity index (χ0) is 23.9. The predicted molar refractivity (Wildman–Crippen MR) is 119 cm³/mol. The molecular weight excluding hydrogens is 449 g/mol. The van der Waals surface area contributed by atoms with Crippen LogP contribution in [-0.2, 0) is 5.60 Å². The summed E-state index contributed by atoms with van der Waals surface area (Å²) in [5.74, 6) is 0.577. The van der Waals surface area contributed by atoms with Crippen molar-refractivity contribution in [3.63, 3.8) is 0 Å². The second-order valence-electron chi connectivity index (χ2n) is 8.77. The fraction of sp³-hybridized carbons (Fsp3) is 0.435. The number of methoxy groups -OCH3 is 1. The Morgan fingerprint density at radius 3 is 2.56 bits per heavy atom. The molecule has 34 heavy (non-hydrogen) atoms. The number of halogens is 3. The van der Waals surface area contributed by atoms with E-state index >= 15 is 0 Å². The van der Waals surface area contributed by atoms with E-state index < -0.39 is 18.3 Å². The maximum Gasteiger partial charge on any atom is 0.422 e. The lowest BCUT2D eigenvalue weighted by atomic mass is 9.83. The van der Waals surface area contributed by atoms with Gasteiger partial charge in [-0.2, -0.15) is 13.2 Å². The second kappa shape index (κ2) is 8.55. The average molecular weight is 474 g/mol. The van der Waals surface area contributed by atoms with Crippen LogP contribution in [-0.4, -0.2) is 55.8 Å². The Balaban J connectivity index is 1.28. The molecule has 1 aliphatic carbocycles. The normalized spacial score (nSPS) is 21.1. The van der Waals surface area contributed by atoms with Crippen LogP contribution in [0.2, 0.25) is 0 Å². The van der Waals surface area contributed by atoms with E-state index in [0.717, 1.165) is 35.1 Å². The maximum absolute atomic E-state index is 13.9. The Morgan fingerprint density at radius 2 is 1.88 bits per heavy atom. The van der Waals surface area contributed by atoms with Crippen molar-refractivity contribution >= 4 is 16.6 Å². The van der Waals surface area contributed by atoms with E-state index in [1.807, 2.05) is 12.3 Å². The number of ether oxygens (including phenoxy) is 1. The van der Waals surface area contributed by atoms with Gasteiger partial charge in [0.1, 0.15) is 23.2 Å².